The van der Waals surface area contributed by atoms with Crippen LogP contribution in [-0.4, -0.2) is 32.0 Å². The van der Waals surface area contributed by atoms with Crippen molar-refractivity contribution in [2.24, 2.45) is 0 Å². The SMILES string of the molecule is C[C@H](NC(=O)c1cc(-c2cccs2)cc2nnn(Cc3ccc4ccccc4c3)c12)c1ccc(C(=O)O)cc1. The Morgan fingerprint density at radius 3 is 2.49 bits per heavy atom. The summed E-state index contributed by atoms with van der Waals surface area (Å²) in [6.07, 6.45) is 0. The lowest BCUT2D eigenvalue weighted by molar-refractivity contribution is 0.0696. The van der Waals surface area contributed by atoms with Crippen LogP contribution in [0.4, 0.5) is 0 Å². The van der Waals surface area contributed by atoms with Crippen LogP contribution in [0, 0.1) is 0 Å². The molecule has 1 atom stereocenters. The summed E-state index contributed by atoms with van der Waals surface area (Å²) in [6, 6.07) is 28.5. The fourth-order valence-corrected chi connectivity index (χ4v) is 5.48. The molecule has 0 radical (unpaired) electrons. The lowest BCUT2D eigenvalue weighted by Gasteiger charge is -2.16. The number of amides is 1. The van der Waals surface area contributed by atoms with E-state index in [-0.39, 0.29) is 17.5 Å². The van der Waals surface area contributed by atoms with Gasteiger partial charge in [-0.2, -0.15) is 0 Å². The summed E-state index contributed by atoms with van der Waals surface area (Å²) in [5.41, 5.74) is 4.75. The van der Waals surface area contributed by atoms with Gasteiger partial charge in [-0.1, -0.05) is 59.8 Å². The number of rotatable bonds is 7. The van der Waals surface area contributed by atoms with Gasteiger partial charge in [0.15, 0.2) is 0 Å². The minimum atomic E-state index is -0.988. The molecule has 2 N–H and O–H groups in total. The van der Waals surface area contributed by atoms with E-state index in [4.69, 9.17) is 0 Å². The van der Waals surface area contributed by atoms with Gasteiger partial charge in [0.25, 0.3) is 5.91 Å². The van der Waals surface area contributed by atoms with Crippen LogP contribution in [0.3, 0.4) is 0 Å². The zero-order chi connectivity index (χ0) is 26.9. The van der Waals surface area contributed by atoms with Gasteiger partial charge in [0.2, 0.25) is 0 Å². The largest absolute Gasteiger partial charge is 0.478 e. The van der Waals surface area contributed by atoms with Crippen LogP contribution in [-0.2, 0) is 6.54 Å². The zero-order valence-electron chi connectivity index (χ0n) is 21.0. The summed E-state index contributed by atoms with van der Waals surface area (Å²) in [5, 5.41) is 25.4. The molecule has 0 saturated heterocycles. The minimum Gasteiger partial charge on any atom is -0.478 e. The minimum absolute atomic E-state index is 0.200. The molecule has 7 nitrogen and oxygen atoms in total. The maximum atomic E-state index is 13.7. The molecule has 1 amide bonds. The number of nitrogens with one attached hydrogen (secondary N) is 1. The highest BCUT2D eigenvalue weighted by Gasteiger charge is 2.21. The second-order valence-electron chi connectivity index (χ2n) is 9.42. The molecule has 0 fully saturated rings. The number of carboxylic acids is 1. The first kappa shape index (κ1) is 24.5. The Balaban J connectivity index is 1.38. The van der Waals surface area contributed by atoms with Crippen LogP contribution < -0.4 is 5.32 Å². The van der Waals surface area contributed by atoms with Gasteiger partial charge in [0, 0.05) is 4.88 Å². The average molecular weight is 533 g/mol. The van der Waals surface area contributed by atoms with Gasteiger partial charge in [0.1, 0.15) is 11.0 Å². The van der Waals surface area contributed by atoms with Crippen LogP contribution in [0.25, 0.3) is 32.2 Å². The summed E-state index contributed by atoms with van der Waals surface area (Å²) < 4.78 is 1.78. The van der Waals surface area contributed by atoms with E-state index in [1.165, 1.54) is 0 Å². The van der Waals surface area contributed by atoms with Gasteiger partial charge < -0.3 is 10.4 Å². The quantitative estimate of drug-likeness (QED) is 0.243. The van der Waals surface area contributed by atoms with Crippen molar-refractivity contribution < 1.29 is 14.7 Å². The summed E-state index contributed by atoms with van der Waals surface area (Å²) >= 11 is 1.60. The van der Waals surface area contributed by atoms with E-state index >= 15 is 0 Å². The Kier molecular flexibility index (Phi) is 6.38. The van der Waals surface area contributed by atoms with Crippen LogP contribution in [0.2, 0.25) is 0 Å². The number of hydrogen-bond donors (Lipinski definition) is 2. The standard InChI is InChI=1S/C31H24N4O3S/c1-19(21-10-12-23(13-11-21)31(37)38)32-30(36)26-16-25(28-7-4-14-39-28)17-27-29(26)35(34-33-27)18-20-8-9-22-5-2-3-6-24(22)15-20/h2-17,19H,18H2,1H3,(H,32,36)(H,37,38)/t19-/m0/s1. The fourth-order valence-electron chi connectivity index (χ4n) is 4.76. The van der Waals surface area contributed by atoms with Crippen LogP contribution in [0.15, 0.2) is 96.4 Å². The number of thiophene rings is 1. The Morgan fingerprint density at radius 2 is 1.74 bits per heavy atom. The van der Waals surface area contributed by atoms with Crippen molar-refractivity contribution in [3.63, 3.8) is 0 Å². The molecule has 6 aromatic rings. The van der Waals surface area contributed by atoms with E-state index in [1.807, 2.05) is 48.7 Å². The third kappa shape index (κ3) is 4.89. The molecule has 0 aliphatic carbocycles. The molecule has 192 valence electrons. The zero-order valence-corrected chi connectivity index (χ0v) is 21.9. The van der Waals surface area contributed by atoms with Crippen molar-refractivity contribution in [1.82, 2.24) is 20.3 Å². The smallest absolute Gasteiger partial charge is 0.335 e. The Morgan fingerprint density at radius 1 is 0.949 bits per heavy atom. The van der Waals surface area contributed by atoms with Crippen molar-refractivity contribution in [1.29, 1.82) is 0 Å². The third-order valence-electron chi connectivity index (χ3n) is 6.81. The van der Waals surface area contributed by atoms with E-state index in [9.17, 15) is 14.7 Å². The van der Waals surface area contributed by atoms with Gasteiger partial charge in [-0.3, -0.25) is 4.79 Å². The predicted octanol–water partition coefficient (Wildman–Crippen LogP) is 6.55. The Bertz CT molecular complexity index is 1820. The first-order chi connectivity index (χ1) is 19.0. The monoisotopic (exact) mass is 532 g/mol. The number of carboxylic acid groups (broad SMARTS) is 1. The first-order valence-corrected chi connectivity index (χ1v) is 13.4. The van der Waals surface area contributed by atoms with Crippen molar-refractivity contribution in [3.05, 3.63) is 119 Å². The molecule has 0 unspecified atom stereocenters. The molecule has 0 aliphatic rings. The van der Waals surface area contributed by atoms with Gasteiger partial charge in [0.05, 0.1) is 23.7 Å². The molecule has 0 aliphatic heterocycles. The van der Waals surface area contributed by atoms with E-state index in [0.29, 0.717) is 23.1 Å². The van der Waals surface area contributed by atoms with E-state index in [1.54, 1.807) is 40.3 Å². The molecule has 8 heteroatoms. The Labute approximate surface area is 228 Å². The number of hydrogen-bond acceptors (Lipinski definition) is 5. The summed E-state index contributed by atoms with van der Waals surface area (Å²) in [4.78, 5) is 26.0. The lowest BCUT2D eigenvalue weighted by atomic mass is 10.0. The number of nitrogens with zero attached hydrogens (tertiary/aromatic N) is 3. The highest BCUT2D eigenvalue weighted by molar-refractivity contribution is 7.13. The van der Waals surface area contributed by atoms with Gasteiger partial charge in [-0.15, -0.1) is 16.4 Å². The molecular formula is C31H24N4O3S. The second-order valence-corrected chi connectivity index (χ2v) is 10.4. The van der Waals surface area contributed by atoms with Crippen LogP contribution in [0.1, 0.15) is 44.8 Å². The maximum Gasteiger partial charge on any atom is 0.335 e. The van der Waals surface area contributed by atoms with Gasteiger partial charge in [-0.05, 0) is 76.2 Å². The molecule has 39 heavy (non-hydrogen) atoms. The van der Waals surface area contributed by atoms with E-state index in [0.717, 1.165) is 32.3 Å². The number of fused-ring (bicyclic) bond motifs is 2. The molecule has 2 aromatic heterocycles. The van der Waals surface area contributed by atoms with Crippen molar-refractivity contribution in [2.75, 3.05) is 0 Å². The number of carbonyl (C=O) groups is 2. The summed E-state index contributed by atoms with van der Waals surface area (Å²) in [5.74, 6) is -1.24. The topological polar surface area (TPSA) is 97.1 Å². The molecule has 0 saturated carbocycles. The van der Waals surface area contributed by atoms with Crippen molar-refractivity contribution in [3.8, 4) is 10.4 Å². The first-order valence-electron chi connectivity index (χ1n) is 12.5. The average Bonchev–Trinajstić information content (AvgIpc) is 3.63. The molecular weight excluding hydrogens is 508 g/mol. The van der Waals surface area contributed by atoms with E-state index in [2.05, 4.69) is 46.0 Å². The Hall–Kier alpha value is -4.82. The molecule has 6 rings (SSSR count). The summed E-state index contributed by atoms with van der Waals surface area (Å²) in [7, 11) is 0. The van der Waals surface area contributed by atoms with E-state index < -0.39 is 5.97 Å². The normalized spacial score (nSPS) is 12.0. The molecule has 0 bridgehead atoms. The van der Waals surface area contributed by atoms with Gasteiger partial charge in [-0.25, -0.2) is 9.48 Å². The molecule has 4 aromatic carbocycles. The fraction of sp³-hybridized carbons (Fsp3) is 0.0968. The van der Waals surface area contributed by atoms with Crippen LogP contribution in [0.5, 0.6) is 0 Å². The van der Waals surface area contributed by atoms with Crippen molar-refractivity contribution >= 4 is 45.0 Å². The summed E-state index contributed by atoms with van der Waals surface area (Å²) in [6.45, 7) is 2.34. The lowest BCUT2D eigenvalue weighted by Crippen LogP contribution is -2.27. The number of aromatic carboxylic acids is 1. The highest BCUT2D eigenvalue weighted by atomic mass is 32.1. The molecule has 0 spiro atoms. The number of aromatic nitrogens is 3. The van der Waals surface area contributed by atoms with Crippen LogP contribution >= 0.6 is 11.3 Å². The number of carbonyl (C=O) groups excluding carboxylic acids is 1. The predicted molar refractivity (Wildman–Crippen MR) is 153 cm³/mol. The maximum absolute atomic E-state index is 13.7. The number of benzene rings is 4. The second kappa shape index (κ2) is 10.2. The third-order valence-corrected chi connectivity index (χ3v) is 7.73. The van der Waals surface area contributed by atoms with Gasteiger partial charge >= 0.3 is 5.97 Å². The highest BCUT2D eigenvalue weighted by Crippen LogP contribution is 2.31. The molecule has 2 heterocycles. The van der Waals surface area contributed by atoms with Crippen molar-refractivity contribution in [2.45, 2.75) is 19.5 Å².